The minimum Gasteiger partial charge on any atom is -0.480 e. The Kier molecular flexibility index (Phi) is 4.05. The van der Waals surface area contributed by atoms with Crippen LogP contribution in [0.3, 0.4) is 0 Å². The van der Waals surface area contributed by atoms with Crippen molar-refractivity contribution in [2.75, 3.05) is 6.54 Å². The van der Waals surface area contributed by atoms with Crippen LogP contribution in [-0.4, -0.2) is 45.5 Å². The quantitative estimate of drug-likeness (QED) is 0.775. The smallest absolute Gasteiger partial charge is 0.326 e. The van der Waals surface area contributed by atoms with Crippen LogP contribution in [0.15, 0.2) is 0 Å². The molecule has 0 radical (unpaired) electrons. The molecular formula is C16H26N2O3S. The van der Waals surface area contributed by atoms with Crippen LogP contribution in [-0.2, 0) is 9.59 Å². The number of amides is 1. The molecule has 0 aromatic carbocycles. The number of fused-ring (bicyclic) bond motifs is 1. The van der Waals surface area contributed by atoms with E-state index in [4.69, 9.17) is 12.2 Å². The fourth-order valence-corrected chi connectivity index (χ4v) is 3.93. The van der Waals surface area contributed by atoms with Crippen LogP contribution in [0.5, 0.6) is 0 Å². The molecule has 22 heavy (non-hydrogen) atoms. The van der Waals surface area contributed by atoms with Gasteiger partial charge < -0.3 is 15.3 Å². The molecule has 1 aliphatic carbocycles. The minimum atomic E-state index is -0.904. The van der Waals surface area contributed by atoms with Crippen molar-refractivity contribution in [3.05, 3.63) is 0 Å². The molecular weight excluding hydrogens is 300 g/mol. The van der Waals surface area contributed by atoms with E-state index >= 15 is 0 Å². The summed E-state index contributed by atoms with van der Waals surface area (Å²) in [5.41, 5.74) is -0.326. The second kappa shape index (κ2) is 5.18. The lowest BCUT2D eigenvalue weighted by atomic mass is 9.85. The highest BCUT2D eigenvalue weighted by atomic mass is 32.1. The second-order valence-electron chi connectivity index (χ2n) is 8.23. The van der Waals surface area contributed by atoms with Gasteiger partial charge in [-0.3, -0.25) is 4.79 Å². The van der Waals surface area contributed by atoms with Crippen molar-refractivity contribution in [1.29, 1.82) is 0 Å². The normalized spacial score (nSPS) is 30.5. The summed E-state index contributed by atoms with van der Waals surface area (Å²) < 4.78 is 0. The number of hydrogen-bond acceptors (Lipinski definition) is 3. The van der Waals surface area contributed by atoms with Crippen LogP contribution in [0, 0.1) is 22.7 Å². The standard InChI is InChI=1S/C16H26N2O3S/c1-8(22)17-12(15(2,3)4)13(19)18-7-9-10(16(9,5)6)11(18)14(20)21/h9-12H,7H2,1-6H3,(H,17,22)(H,20,21)/t9-,10-,11-,12+/m0/s1. The zero-order chi connectivity index (χ0) is 17.0. The van der Waals surface area contributed by atoms with Crippen LogP contribution >= 0.6 is 12.2 Å². The van der Waals surface area contributed by atoms with E-state index in [1.165, 1.54) is 0 Å². The van der Waals surface area contributed by atoms with Gasteiger partial charge in [-0.1, -0.05) is 46.8 Å². The molecule has 5 nitrogen and oxygen atoms in total. The third-order valence-corrected chi connectivity index (χ3v) is 5.32. The average Bonchev–Trinajstić information content (AvgIpc) is 2.74. The number of carbonyl (C=O) groups is 2. The molecule has 2 N–H and O–H groups in total. The van der Waals surface area contributed by atoms with Gasteiger partial charge in [0.15, 0.2) is 0 Å². The van der Waals surface area contributed by atoms with Crippen LogP contribution in [0.4, 0.5) is 0 Å². The topological polar surface area (TPSA) is 69.6 Å². The van der Waals surface area contributed by atoms with Crippen LogP contribution < -0.4 is 5.32 Å². The Bertz CT molecular complexity index is 524. The first kappa shape index (κ1) is 17.2. The Morgan fingerprint density at radius 2 is 1.91 bits per heavy atom. The van der Waals surface area contributed by atoms with Gasteiger partial charge in [0.25, 0.3) is 0 Å². The van der Waals surface area contributed by atoms with Gasteiger partial charge in [0.2, 0.25) is 5.91 Å². The molecule has 1 saturated carbocycles. The van der Waals surface area contributed by atoms with E-state index in [9.17, 15) is 14.7 Å². The zero-order valence-electron chi connectivity index (χ0n) is 14.1. The summed E-state index contributed by atoms with van der Waals surface area (Å²) in [6.07, 6.45) is 0. The van der Waals surface area contributed by atoms with Crippen molar-refractivity contribution in [2.45, 2.75) is 53.6 Å². The summed E-state index contributed by atoms with van der Waals surface area (Å²) in [5, 5.41) is 12.6. The predicted octanol–water partition coefficient (Wildman–Crippen LogP) is 1.91. The van der Waals surface area contributed by atoms with Crippen molar-refractivity contribution in [3.63, 3.8) is 0 Å². The maximum Gasteiger partial charge on any atom is 0.326 e. The highest BCUT2D eigenvalue weighted by molar-refractivity contribution is 7.80. The van der Waals surface area contributed by atoms with Gasteiger partial charge >= 0.3 is 5.97 Å². The van der Waals surface area contributed by atoms with Gasteiger partial charge in [-0.25, -0.2) is 4.79 Å². The number of likely N-dealkylation sites (tertiary alicyclic amines) is 1. The number of piperidine rings is 1. The molecule has 4 atom stereocenters. The number of aliphatic carboxylic acids is 1. The van der Waals surface area contributed by atoms with Gasteiger partial charge in [0.05, 0.1) is 4.99 Å². The van der Waals surface area contributed by atoms with Gasteiger partial charge in [-0.05, 0) is 23.7 Å². The van der Waals surface area contributed by atoms with Crippen molar-refractivity contribution in [3.8, 4) is 0 Å². The lowest BCUT2D eigenvalue weighted by molar-refractivity contribution is -0.152. The SMILES string of the molecule is CC(=S)N[C@H](C(=O)N1C[C@H]2[C@@H]([C@H]1C(=O)O)C2(C)C)C(C)(C)C. The first-order chi connectivity index (χ1) is 9.89. The Balaban J connectivity index is 2.24. The van der Waals surface area contributed by atoms with Gasteiger partial charge in [0, 0.05) is 12.5 Å². The second-order valence-corrected chi connectivity index (χ2v) is 8.84. The number of carboxylic acid groups (broad SMARTS) is 1. The van der Waals surface area contributed by atoms with E-state index in [1.54, 1.807) is 11.8 Å². The molecule has 0 bridgehead atoms. The van der Waals surface area contributed by atoms with Gasteiger partial charge in [-0.2, -0.15) is 0 Å². The van der Waals surface area contributed by atoms with E-state index in [0.717, 1.165) is 0 Å². The highest BCUT2D eigenvalue weighted by Crippen LogP contribution is 2.64. The molecule has 1 amide bonds. The van der Waals surface area contributed by atoms with Crippen molar-refractivity contribution < 1.29 is 14.7 Å². The van der Waals surface area contributed by atoms with Crippen LogP contribution in [0.1, 0.15) is 41.5 Å². The van der Waals surface area contributed by atoms with E-state index < -0.39 is 18.1 Å². The highest BCUT2D eigenvalue weighted by Gasteiger charge is 2.70. The molecule has 6 heteroatoms. The average molecular weight is 326 g/mol. The molecule has 0 spiro atoms. The summed E-state index contributed by atoms with van der Waals surface area (Å²) in [6.45, 7) is 12.3. The molecule has 2 fully saturated rings. The molecule has 0 aromatic rings. The molecule has 1 heterocycles. The molecule has 2 aliphatic rings. The Morgan fingerprint density at radius 3 is 2.32 bits per heavy atom. The molecule has 124 valence electrons. The molecule has 1 aliphatic heterocycles. The number of hydrogen-bond donors (Lipinski definition) is 2. The lowest BCUT2D eigenvalue weighted by Gasteiger charge is -2.37. The molecule has 1 saturated heterocycles. The third kappa shape index (κ3) is 2.73. The Labute approximate surface area is 137 Å². The maximum atomic E-state index is 13.0. The summed E-state index contributed by atoms with van der Waals surface area (Å²) in [4.78, 5) is 26.7. The lowest BCUT2D eigenvalue weighted by Crippen LogP contribution is -2.57. The van der Waals surface area contributed by atoms with Crippen molar-refractivity contribution in [2.24, 2.45) is 22.7 Å². The van der Waals surface area contributed by atoms with Gasteiger partial charge in [-0.15, -0.1) is 0 Å². The maximum absolute atomic E-state index is 13.0. The van der Waals surface area contributed by atoms with Crippen molar-refractivity contribution in [1.82, 2.24) is 10.2 Å². The zero-order valence-corrected chi connectivity index (χ0v) is 15.0. The number of carbonyl (C=O) groups excluding carboxylic acids is 1. The number of nitrogens with zero attached hydrogens (tertiary/aromatic N) is 1. The van der Waals surface area contributed by atoms with Crippen LogP contribution in [0.25, 0.3) is 0 Å². The van der Waals surface area contributed by atoms with E-state index in [1.807, 2.05) is 20.8 Å². The summed E-state index contributed by atoms with van der Waals surface area (Å²) in [7, 11) is 0. The van der Waals surface area contributed by atoms with E-state index in [0.29, 0.717) is 11.5 Å². The summed E-state index contributed by atoms with van der Waals surface area (Å²) >= 11 is 5.09. The number of thiocarbonyl (C=S) groups is 1. The molecule has 0 unspecified atom stereocenters. The largest absolute Gasteiger partial charge is 0.480 e. The molecule has 0 aromatic heterocycles. The van der Waals surface area contributed by atoms with Gasteiger partial charge in [0.1, 0.15) is 12.1 Å². The number of nitrogens with one attached hydrogen (secondary N) is 1. The monoisotopic (exact) mass is 326 g/mol. The Hall–Kier alpha value is -1.17. The van der Waals surface area contributed by atoms with Crippen LogP contribution in [0.2, 0.25) is 0 Å². The first-order valence-corrected chi connectivity index (χ1v) is 8.10. The number of carboxylic acids is 1. The summed E-state index contributed by atoms with van der Waals surface area (Å²) in [5.74, 6) is -0.722. The Morgan fingerprint density at radius 1 is 1.36 bits per heavy atom. The van der Waals surface area contributed by atoms with E-state index in [2.05, 4.69) is 19.2 Å². The third-order valence-electron chi connectivity index (χ3n) is 5.21. The van der Waals surface area contributed by atoms with E-state index in [-0.39, 0.29) is 28.6 Å². The fourth-order valence-electron chi connectivity index (χ4n) is 3.81. The summed E-state index contributed by atoms with van der Waals surface area (Å²) in [6, 6.07) is -1.22. The predicted molar refractivity (Wildman–Crippen MR) is 88.5 cm³/mol. The first-order valence-electron chi connectivity index (χ1n) is 7.69. The number of rotatable bonds is 3. The minimum absolute atomic E-state index is 0.0184. The fraction of sp³-hybridized carbons (Fsp3) is 0.812. The van der Waals surface area contributed by atoms with Crippen molar-refractivity contribution >= 4 is 29.1 Å². The molecule has 2 rings (SSSR count).